The van der Waals surface area contributed by atoms with Gasteiger partial charge in [0.1, 0.15) is 5.56 Å². The molecule has 1 rings (SSSR count). The molecule has 0 saturated carbocycles. The van der Waals surface area contributed by atoms with Crippen molar-refractivity contribution in [1.82, 2.24) is 9.78 Å². The number of allylic oxidation sites excluding steroid dienone is 1. The molecular weight excluding hydrogens is 212 g/mol. The van der Waals surface area contributed by atoms with Crippen molar-refractivity contribution >= 4 is 11.9 Å². The van der Waals surface area contributed by atoms with Crippen molar-refractivity contribution in [3.05, 3.63) is 30.1 Å². The van der Waals surface area contributed by atoms with Gasteiger partial charge in [0.2, 0.25) is 0 Å². The van der Waals surface area contributed by atoms with Crippen LogP contribution in [0.5, 0.6) is 0 Å². The van der Waals surface area contributed by atoms with Crippen LogP contribution in [0.15, 0.2) is 18.9 Å². The first-order valence-electron chi connectivity index (χ1n) is 4.68. The van der Waals surface area contributed by atoms with Crippen molar-refractivity contribution < 1.29 is 19.4 Å². The third-order valence-electron chi connectivity index (χ3n) is 1.84. The number of hydrogen-bond donors (Lipinski definition) is 1. The summed E-state index contributed by atoms with van der Waals surface area (Å²) in [5.74, 6) is -1.90. The zero-order valence-electron chi connectivity index (χ0n) is 8.84. The topological polar surface area (TPSA) is 81.4 Å². The number of rotatable bonds is 5. The average Bonchev–Trinajstić information content (AvgIpc) is 2.62. The molecule has 0 aliphatic rings. The molecule has 0 bridgehead atoms. The van der Waals surface area contributed by atoms with E-state index < -0.39 is 11.9 Å². The van der Waals surface area contributed by atoms with Gasteiger partial charge in [0.05, 0.1) is 19.3 Å². The number of carbonyl (C=O) groups excluding carboxylic acids is 1. The van der Waals surface area contributed by atoms with Crippen molar-refractivity contribution in [3.8, 4) is 0 Å². The smallest absolute Gasteiger partial charge is 0.355 e. The minimum atomic E-state index is -1.22. The van der Waals surface area contributed by atoms with E-state index in [1.165, 1.54) is 17.0 Å². The Labute approximate surface area is 92.1 Å². The van der Waals surface area contributed by atoms with Crippen LogP contribution in [0.4, 0.5) is 0 Å². The first-order chi connectivity index (χ1) is 7.61. The summed E-state index contributed by atoms with van der Waals surface area (Å²) in [6.07, 6.45) is 2.68. The zero-order valence-corrected chi connectivity index (χ0v) is 8.84. The van der Waals surface area contributed by atoms with Gasteiger partial charge in [-0.05, 0) is 6.92 Å². The van der Waals surface area contributed by atoms with E-state index in [0.717, 1.165) is 0 Å². The number of hydrogen-bond acceptors (Lipinski definition) is 4. The molecule has 0 radical (unpaired) electrons. The van der Waals surface area contributed by atoms with Gasteiger partial charge in [-0.25, -0.2) is 9.59 Å². The van der Waals surface area contributed by atoms with Gasteiger partial charge in [0, 0.05) is 0 Å². The summed E-state index contributed by atoms with van der Waals surface area (Å²) in [6.45, 7) is 5.53. The third kappa shape index (κ3) is 2.28. The number of ether oxygens (including phenoxy) is 1. The number of esters is 1. The lowest BCUT2D eigenvalue weighted by molar-refractivity contribution is 0.0513. The van der Waals surface area contributed by atoms with Crippen LogP contribution in [0.2, 0.25) is 0 Å². The maximum atomic E-state index is 11.4. The summed E-state index contributed by atoms with van der Waals surface area (Å²) in [7, 11) is 0. The van der Waals surface area contributed by atoms with Crippen LogP contribution in [0.25, 0.3) is 0 Å². The lowest BCUT2D eigenvalue weighted by Gasteiger charge is -2.03. The summed E-state index contributed by atoms with van der Waals surface area (Å²) in [5.41, 5.74) is -0.227. The number of carbonyl (C=O) groups is 2. The highest BCUT2D eigenvalue weighted by molar-refractivity contribution is 6.01. The maximum absolute atomic E-state index is 11.4. The highest BCUT2D eigenvalue weighted by Gasteiger charge is 2.23. The molecule has 1 aromatic rings. The van der Waals surface area contributed by atoms with Crippen LogP contribution >= 0.6 is 0 Å². The number of carboxylic acid groups (broad SMARTS) is 1. The van der Waals surface area contributed by atoms with Crippen LogP contribution in [0.1, 0.15) is 27.8 Å². The number of aromatic nitrogens is 2. The molecule has 1 aromatic heterocycles. The molecule has 86 valence electrons. The van der Waals surface area contributed by atoms with E-state index in [2.05, 4.69) is 11.7 Å². The summed E-state index contributed by atoms with van der Waals surface area (Å²) in [5, 5.41) is 12.8. The molecule has 16 heavy (non-hydrogen) atoms. The summed E-state index contributed by atoms with van der Waals surface area (Å²) in [4.78, 5) is 22.4. The quantitative estimate of drug-likeness (QED) is 0.594. The fraction of sp³-hybridized carbons (Fsp3) is 0.300. The number of carboxylic acids is 1. The van der Waals surface area contributed by atoms with Gasteiger partial charge in [0.15, 0.2) is 5.69 Å². The highest BCUT2D eigenvalue weighted by atomic mass is 16.5. The minimum Gasteiger partial charge on any atom is -0.476 e. The highest BCUT2D eigenvalue weighted by Crippen LogP contribution is 2.10. The van der Waals surface area contributed by atoms with E-state index in [4.69, 9.17) is 9.84 Å². The van der Waals surface area contributed by atoms with E-state index in [1.54, 1.807) is 6.92 Å². The Morgan fingerprint density at radius 2 is 2.38 bits per heavy atom. The Morgan fingerprint density at radius 1 is 1.69 bits per heavy atom. The Balaban J connectivity index is 3.14. The van der Waals surface area contributed by atoms with Crippen LogP contribution in [-0.4, -0.2) is 33.4 Å². The second-order valence-corrected chi connectivity index (χ2v) is 2.90. The summed E-state index contributed by atoms with van der Waals surface area (Å²) >= 11 is 0. The first-order valence-corrected chi connectivity index (χ1v) is 4.68. The van der Waals surface area contributed by atoms with Gasteiger partial charge in [0.25, 0.3) is 0 Å². The van der Waals surface area contributed by atoms with Gasteiger partial charge in [-0.15, -0.1) is 6.58 Å². The molecule has 0 aromatic carbocycles. The van der Waals surface area contributed by atoms with Crippen LogP contribution in [0, 0.1) is 0 Å². The first kappa shape index (κ1) is 12.0. The van der Waals surface area contributed by atoms with E-state index in [0.29, 0.717) is 0 Å². The van der Waals surface area contributed by atoms with Crippen molar-refractivity contribution in [3.63, 3.8) is 0 Å². The lowest BCUT2D eigenvalue weighted by atomic mass is 10.2. The Hall–Kier alpha value is -2.11. The molecule has 1 heterocycles. The predicted octanol–water partition coefficient (Wildman–Crippen LogP) is 0.944. The van der Waals surface area contributed by atoms with E-state index >= 15 is 0 Å². The second kappa shape index (κ2) is 5.11. The molecule has 0 aliphatic carbocycles. The molecule has 0 aliphatic heterocycles. The van der Waals surface area contributed by atoms with Crippen LogP contribution in [-0.2, 0) is 11.3 Å². The predicted molar refractivity (Wildman–Crippen MR) is 55.3 cm³/mol. The maximum Gasteiger partial charge on any atom is 0.355 e. The largest absolute Gasteiger partial charge is 0.476 e. The standard InChI is InChI=1S/C10H12N2O4/c1-3-5-12-8(9(13)14)7(6-11-12)10(15)16-4-2/h3,6H,1,4-5H2,2H3,(H,13,14). The lowest BCUT2D eigenvalue weighted by Crippen LogP contribution is -2.14. The molecule has 1 N–H and O–H groups in total. The van der Waals surface area contributed by atoms with Gasteiger partial charge in [-0.1, -0.05) is 6.08 Å². The van der Waals surface area contributed by atoms with E-state index in [-0.39, 0.29) is 24.4 Å². The molecule has 0 atom stereocenters. The third-order valence-corrected chi connectivity index (χ3v) is 1.84. The van der Waals surface area contributed by atoms with Crippen molar-refractivity contribution in [2.75, 3.05) is 6.61 Å². The minimum absolute atomic E-state index is 0.0452. The van der Waals surface area contributed by atoms with Crippen molar-refractivity contribution in [2.45, 2.75) is 13.5 Å². The van der Waals surface area contributed by atoms with Gasteiger partial charge in [-0.3, -0.25) is 4.68 Å². The molecule has 0 spiro atoms. The van der Waals surface area contributed by atoms with Crippen LogP contribution < -0.4 is 0 Å². The fourth-order valence-corrected chi connectivity index (χ4v) is 1.23. The van der Waals surface area contributed by atoms with Gasteiger partial charge >= 0.3 is 11.9 Å². The second-order valence-electron chi connectivity index (χ2n) is 2.90. The zero-order chi connectivity index (χ0) is 12.1. The van der Waals surface area contributed by atoms with E-state index in [9.17, 15) is 9.59 Å². The molecule has 0 amide bonds. The molecule has 6 nitrogen and oxygen atoms in total. The normalized spacial score (nSPS) is 9.81. The van der Waals surface area contributed by atoms with Gasteiger partial charge in [-0.2, -0.15) is 5.10 Å². The Kier molecular flexibility index (Phi) is 3.82. The summed E-state index contributed by atoms with van der Waals surface area (Å²) < 4.78 is 5.91. The molecule has 0 fully saturated rings. The van der Waals surface area contributed by atoms with Crippen molar-refractivity contribution in [1.29, 1.82) is 0 Å². The van der Waals surface area contributed by atoms with Crippen molar-refractivity contribution in [2.24, 2.45) is 0 Å². The van der Waals surface area contributed by atoms with E-state index in [1.807, 2.05) is 0 Å². The molecule has 6 heteroatoms. The number of nitrogens with zero attached hydrogens (tertiary/aromatic N) is 2. The average molecular weight is 224 g/mol. The fourth-order valence-electron chi connectivity index (χ4n) is 1.23. The monoisotopic (exact) mass is 224 g/mol. The summed E-state index contributed by atoms with van der Waals surface area (Å²) in [6, 6.07) is 0. The van der Waals surface area contributed by atoms with Gasteiger partial charge < -0.3 is 9.84 Å². The molecule has 0 saturated heterocycles. The Morgan fingerprint density at radius 3 is 2.88 bits per heavy atom. The molecular formula is C10H12N2O4. The SMILES string of the molecule is C=CCn1ncc(C(=O)OCC)c1C(=O)O. The van der Waals surface area contributed by atoms with Crippen LogP contribution in [0.3, 0.4) is 0 Å². The Bertz CT molecular complexity index is 422. The molecule has 0 unspecified atom stereocenters. The number of aromatic carboxylic acids is 1.